The second-order valence-corrected chi connectivity index (χ2v) is 10.9. The minimum atomic E-state index is -4.62. The van der Waals surface area contributed by atoms with E-state index in [9.17, 15) is 30.8 Å². The summed E-state index contributed by atoms with van der Waals surface area (Å²) in [7, 11) is -3.10. The summed E-state index contributed by atoms with van der Waals surface area (Å²) in [6.45, 7) is -0.213. The van der Waals surface area contributed by atoms with E-state index in [2.05, 4.69) is 25.1 Å². The predicted molar refractivity (Wildman–Crippen MR) is 117 cm³/mol. The lowest BCUT2D eigenvalue weighted by Gasteiger charge is -2.34. The Balaban J connectivity index is 1.44. The molecule has 1 saturated heterocycles. The summed E-state index contributed by atoms with van der Waals surface area (Å²) in [5.74, 6) is -1.77. The Labute approximate surface area is 202 Å². The SMILES string of the molecule is CC1(NC(=O)c2cn3nc(OCc4ncc(F)cc4OCC(F)(F)F)ccc3n2)CCS(=O)(=O)CC1. The minimum Gasteiger partial charge on any atom is -0.482 e. The third-order valence-corrected chi connectivity index (χ3v) is 7.17. The summed E-state index contributed by atoms with van der Waals surface area (Å²) in [6.07, 6.45) is -1.87. The topological polar surface area (TPSA) is 125 Å². The maximum atomic E-state index is 13.4. The van der Waals surface area contributed by atoms with Crippen LogP contribution >= 0.6 is 0 Å². The van der Waals surface area contributed by atoms with Crippen LogP contribution in [0.25, 0.3) is 5.65 Å². The average Bonchev–Trinajstić information content (AvgIpc) is 3.23. The molecule has 0 unspecified atom stereocenters. The quantitative estimate of drug-likeness (QED) is 0.461. The highest BCUT2D eigenvalue weighted by Crippen LogP contribution is 2.25. The summed E-state index contributed by atoms with van der Waals surface area (Å²) < 4.78 is 85.6. The smallest absolute Gasteiger partial charge is 0.422 e. The molecule has 194 valence electrons. The number of imidazole rings is 1. The summed E-state index contributed by atoms with van der Waals surface area (Å²) in [4.78, 5) is 20.6. The fourth-order valence-corrected chi connectivity index (χ4v) is 5.21. The van der Waals surface area contributed by atoms with Gasteiger partial charge in [0, 0.05) is 17.7 Å². The van der Waals surface area contributed by atoms with Crippen molar-refractivity contribution in [3.8, 4) is 11.6 Å². The number of rotatable bonds is 7. The van der Waals surface area contributed by atoms with Crippen molar-refractivity contribution in [1.82, 2.24) is 24.9 Å². The van der Waals surface area contributed by atoms with Gasteiger partial charge in [0.2, 0.25) is 5.88 Å². The van der Waals surface area contributed by atoms with E-state index in [1.807, 2.05) is 0 Å². The van der Waals surface area contributed by atoms with Crippen LogP contribution in [-0.4, -0.2) is 63.7 Å². The normalized spacial score (nSPS) is 17.0. The zero-order valence-corrected chi connectivity index (χ0v) is 19.7. The van der Waals surface area contributed by atoms with Crippen LogP contribution in [0.15, 0.2) is 30.6 Å². The molecule has 0 atom stereocenters. The fraction of sp³-hybridized carbons (Fsp3) is 0.429. The largest absolute Gasteiger partial charge is 0.482 e. The molecular weight excluding hydrogens is 510 g/mol. The van der Waals surface area contributed by atoms with Crippen LogP contribution < -0.4 is 14.8 Å². The molecule has 1 N–H and O–H groups in total. The highest BCUT2D eigenvalue weighted by Gasteiger charge is 2.35. The summed E-state index contributed by atoms with van der Waals surface area (Å²) >= 11 is 0. The van der Waals surface area contributed by atoms with Gasteiger partial charge in [0.25, 0.3) is 5.91 Å². The standard InChI is InChI=1S/C21H21F4N5O5S/c1-20(4-6-36(32,33)7-5-20)28-19(31)14-10-30-17(27-14)2-3-18(29-30)34-11-15-16(8-13(22)9-26-15)35-12-21(23,24)25/h2-3,8-10H,4-7,11-12H2,1H3,(H,28,31). The monoisotopic (exact) mass is 531 g/mol. The van der Waals surface area contributed by atoms with E-state index < -0.39 is 45.6 Å². The van der Waals surface area contributed by atoms with Crippen molar-refractivity contribution >= 4 is 21.4 Å². The molecule has 0 aromatic carbocycles. The molecule has 1 aliphatic rings. The Morgan fingerprint density at radius 2 is 1.94 bits per heavy atom. The van der Waals surface area contributed by atoms with E-state index in [-0.39, 0.29) is 48.2 Å². The number of halogens is 4. The number of aromatic nitrogens is 4. The van der Waals surface area contributed by atoms with Gasteiger partial charge in [0.15, 0.2) is 12.3 Å². The van der Waals surface area contributed by atoms with Crippen LogP contribution in [0.5, 0.6) is 11.6 Å². The van der Waals surface area contributed by atoms with Crippen LogP contribution in [0.1, 0.15) is 35.9 Å². The molecule has 0 bridgehead atoms. The van der Waals surface area contributed by atoms with Crippen molar-refractivity contribution in [1.29, 1.82) is 0 Å². The first kappa shape index (κ1) is 25.6. The molecule has 0 spiro atoms. The van der Waals surface area contributed by atoms with Gasteiger partial charge in [-0.25, -0.2) is 22.3 Å². The lowest BCUT2D eigenvalue weighted by Crippen LogP contribution is -2.51. The number of alkyl halides is 3. The van der Waals surface area contributed by atoms with Crippen molar-refractivity contribution in [3.63, 3.8) is 0 Å². The Morgan fingerprint density at radius 1 is 1.22 bits per heavy atom. The van der Waals surface area contributed by atoms with Crippen LogP contribution in [0.3, 0.4) is 0 Å². The number of carbonyl (C=O) groups excluding carboxylic acids is 1. The van der Waals surface area contributed by atoms with E-state index in [0.29, 0.717) is 5.65 Å². The highest BCUT2D eigenvalue weighted by molar-refractivity contribution is 7.91. The van der Waals surface area contributed by atoms with Gasteiger partial charge < -0.3 is 14.8 Å². The molecular formula is C21H21F4N5O5S. The number of carbonyl (C=O) groups is 1. The van der Waals surface area contributed by atoms with Crippen molar-refractivity contribution in [3.05, 3.63) is 47.8 Å². The van der Waals surface area contributed by atoms with E-state index in [1.165, 1.54) is 22.8 Å². The molecule has 4 heterocycles. The van der Waals surface area contributed by atoms with E-state index in [4.69, 9.17) is 4.74 Å². The first-order valence-corrected chi connectivity index (χ1v) is 12.5. The summed E-state index contributed by atoms with van der Waals surface area (Å²) in [6, 6.07) is 3.71. The lowest BCUT2D eigenvalue weighted by molar-refractivity contribution is -0.153. The molecule has 10 nitrogen and oxygen atoms in total. The number of fused-ring (bicyclic) bond motifs is 1. The maximum absolute atomic E-state index is 13.4. The zero-order valence-electron chi connectivity index (χ0n) is 18.9. The Hall–Kier alpha value is -3.49. The van der Waals surface area contributed by atoms with Crippen molar-refractivity contribution < 1.29 is 40.2 Å². The van der Waals surface area contributed by atoms with Crippen molar-refractivity contribution in [2.45, 2.75) is 38.1 Å². The Kier molecular flexibility index (Phi) is 6.77. The Bertz CT molecular complexity index is 1380. The molecule has 3 aromatic heterocycles. The van der Waals surface area contributed by atoms with Gasteiger partial charge in [-0.1, -0.05) is 0 Å². The number of nitrogens with one attached hydrogen (secondary N) is 1. The molecule has 0 aliphatic carbocycles. The molecule has 0 saturated carbocycles. The second kappa shape index (κ2) is 9.52. The molecule has 1 amide bonds. The summed E-state index contributed by atoms with van der Waals surface area (Å²) in [5.41, 5.74) is -0.389. The van der Waals surface area contributed by atoms with Gasteiger partial charge in [-0.05, 0) is 25.8 Å². The van der Waals surface area contributed by atoms with Gasteiger partial charge in [-0.2, -0.15) is 13.2 Å². The first-order chi connectivity index (χ1) is 16.8. The van der Waals surface area contributed by atoms with E-state index in [1.54, 1.807) is 6.92 Å². The number of ether oxygens (including phenoxy) is 2. The second-order valence-electron chi connectivity index (χ2n) is 8.56. The van der Waals surface area contributed by atoms with E-state index in [0.717, 1.165) is 12.3 Å². The molecule has 1 aliphatic heterocycles. The van der Waals surface area contributed by atoms with Crippen LogP contribution in [0, 0.1) is 5.82 Å². The Morgan fingerprint density at radius 3 is 2.64 bits per heavy atom. The molecule has 0 radical (unpaired) electrons. The van der Waals surface area contributed by atoms with Crippen LogP contribution in [0.2, 0.25) is 0 Å². The molecule has 15 heteroatoms. The minimum absolute atomic E-state index is 0.0108. The number of pyridine rings is 1. The fourth-order valence-electron chi connectivity index (χ4n) is 3.49. The number of nitrogens with zero attached hydrogens (tertiary/aromatic N) is 4. The summed E-state index contributed by atoms with van der Waals surface area (Å²) in [5, 5.41) is 6.99. The predicted octanol–water partition coefficient (Wildman–Crippen LogP) is 2.48. The first-order valence-electron chi connectivity index (χ1n) is 10.7. The molecule has 1 fully saturated rings. The molecule has 36 heavy (non-hydrogen) atoms. The van der Waals surface area contributed by atoms with Crippen LogP contribution in [0.4, 0.5) is 17.6 Å². The van der Waals surface area contributed by atoms with Crippen molar-refractivity contribution in [2.75, 3.05) is 18.1 Å². The van der Waals surface area contributed by atoms with Gasteiger partial charge >= 0.3 is 6.18 Å². The third-order valence-electron chi connectivity index (χ3n) is 5.52. The molecule has 4 rings (SSSR count). The zero-order chi connectivity index (χ0) is 26.1. The number of hydrogen-bond donors (Lipinski definition) is 1. The van der Waals surface area contributed by atoms with Gasteiger partial charge in [0.1, 0.15) is 39.4 Å². The maximum Gasteiger partial charge on any atom is 0.422 e. The van der Waals surface area contributed by atoms with Gasteiger partial charge in [0.05, 0.1) is 23.9 Å². The van der Waals surface area contributed by atoms with E-state index >= 15 is 0 Å². The third kappa shape index (κ3) is 6.38. The number of amides is 1. The van der Waals surface area contributed by atoms with Crippen LogP contribution in [-0.2, 0) is 16.4 Å². The van der Waals surface area contributed by atoms with Gasteiger partial charge in [-0.15, -0.1) is 5.10 Å². The number of hydrogen-bond acceptors (Lipinski definition) is 8. The average molecular weight is 531 g/mol. The molecule has 3 aromatic rings. The van der Waals surface area contributed by atoms with Crippen molar-refractivity contribution in [2.24, 2.45) is 0 Å². The highest BCUT2D eigenvalue weighted by atomic mass is 32.2. The lowest BCUT2D eigenvalue weighted by atomic mass is 9.95. The van der Waals surface area contributed by atoms with Gasteiger partial charge in [-0.3, -0.25) is 9.78 Å². The number of sulfone groups is 1.